The summed E-state index contributed by atoms with van der Waals surface area (Å²) in [6, 6.07) is -1.45. The number of carbonyl (C=O) groups is 15. The van der Waals surface area contributed by atoms with Gasteiger partial charge in [0.1, 0.15) is 78.8 Å². The van der Waals surface area contributed by atoms with Gasteiger partial charge in [-0.15, -0.1) is 11.8 Å². The van der Waals surface area contributed by atoms with Crippen LogP contribution in [0.1, 0.15) is 145 Å². The smallest absolute Gasteiger partial charge is 0.305 e. The number of hydrogen-bond acceptors (Lipinski definition) is 21. The van der Waals surface area contributed by atoms with E-state index in [1.807, 2.05) is 0 Å². The van der Waals surface area contributed by atoms with Crippen LogP contribution in [-0.2, 0) is 84.8 Å². The number of nitrogens with zero attached hydrogens (tertiary/aromatic N) is 2. The quantitative estimate of drug-likeness (QED) is 0.0151. The van der Waals surface area contributed by atoms with Crippen molar-refractivity contribution in [2.75, 3.05) is 37.7 Å². The summed E-state index contributed by atoms with van der Waals surface area (Å²) in [6.45, 7) is 16.0. The summed E-state index contributed by atoms with van der Waals surface area (Å²) < 4.78 is 0. The molecule has 0 unspecified atom stereocenters. The van der Waals surface area contributed by atoms with Gasteiger partial charge in [0.25, 0.3) is 0 Å². The fourth-order valence-electron chi connectivity index (χ4n) is 12.0. The molecule has 29 N–H and O–H groups in total. The number of thioether (sulfide) groups is 1. The van der Waals surface area contributed by atoms with Crippen LogP contribution in [0.4, 0.5) is 0 Å². The van der Waals surface area contributed by atoms with Gasteiger partial charge in [-0.3, -0.25) is 87.2 Å². The number of carbonyl (C=O) groups excluding carboxylic acids is 14. The second kappa shape index (κ2) is 51.2. The number of carboxylic acid groups (broad SMARTS) is 1. The minimum absolute atomic E-state index is 0.0102. The van der Waals surface area contributed by atoms with Crippen molar-refractivity contribution >= 4 is 112 Å². The SMILES string of the molecule is CC[C@H](C)[C@@H]1NC(=O)[C@H](C(C)C)NC(=O)[C@H](CC(C)C)NC(=O)[C@H](CC(C)C)NC(=O)[C@H](Cc2ccccc2)NC(=O)CSC[C@@H](C(=O)NCC(N)=O)NC(=O)[C@H](CCCNC(N)N)NC(=O)[C@H](Cc2ccccc2)NC(=O)[C@H](C(C)C)NC(=O)[C@H](CCCN=C(N)N)NC(=O)[C@H](CC(=O)O)NC(=O)[C@H](CCCN=C(N)N)NC1=O. The van der Waals surface area contributed by atoms with Crippen molar-refractivity contribution < 1.29 is 77.0 Å². The van der Waals surface area contributed by atoms with Crippen molar-refractivity contribution in [1.29, 1.82) is 0 Å². The van der Waals surface area contributed by atoms with Crippen molar-refractivity contribution in [1.82, 2.24) is 74.4 Å². The molecule has 1 aliphatic heterocycles. The first-order chi connectivity index (χ1) is 54.2. The number of nitrogens with one attached hydrogen (secondary N) is 14. The van der Waals surface area contributed by atoms with E-state index in [4.69, 9.17) is 40.1 Å². The van der Waals surface area contributed by atoms with Gasteiger partial charge in [-0.05, 0) is 98.6 Å². The molecule has 13 atom stereocenters. The normalized spacial score (nSPS) is 23.4. The summed E-state index contributed by atoms with van der Waals surface area (Å²) in [6.07, 6.45) is -2.86. The van der Waals surface area contributed by atoms with Crippen molar-refractivity contribution in [3.63, 3.8) is 0 Å². The van der Waals surface area contributed by atoms with Crippen LogP contribution in [-0.4, -0.2) is 222 Å². The lowest BCUT2D eigenvalue weighted by atomic mass is 9.95. The van der Waals surface area contributed by atoms with E-state index in [0.29, 0.717) is 11.1 Å². The van der Waals surface area contributed by atoms with Crippen molar-refractivity contribution in [3.05, 3.63) is 71.8 Å². The van der Waals surface area contributed by atoms with E-state index in [1.54, 1.807) is 130 Å². The van der Waals surface area contributed by atoms with E-state index >= 15 is 0 Å². The fraction of sp³-hybridized carbons (Fsp3) is 0.613. The highest BCUT2D eigenvalue weighted by Gasteiger charge is 2.40. The maximum absolute atomic E-state index is 15.0. The number of amides is 14. The molecule has 3 rings (SSSR count). The van der Waals surface area contributed by atoms with E-state index in [2.05, 4.69) is 84.4 Å². The predicted molar refractivity (Wildman–Crippen MR) is 433 cm³/mol. The molecule has 1 saturated heterocycles. The first kappa shape index (κ1) is 98.5. The monoisotopic (exact) mass is 1630 g/mol. The van der Waals surface area contributed by atoms with Gasteiger partial charge in [-0.1, -0.05) is 136 Å². The lowest BCUT2D eigenvalue weighted by molar-refractivity contribution is -0.142. The minimum atomic E-state index is -2.00. The number of rotatable bonds is 30. The molecule has 1 aliphatic rings. The van der Waals surface area contributed by atoms with Crippen molar-refractivity contribution in [2.24, 2.45) is 79.7 Å². The van der Waals surface area contributed by atoms with Crippen molar-refractivity contribution in [2.45, 2.75) is 225 Å². The summed E-state index contributed by atoms with van der Waals surface area (Å²) in [7, 11) is 0. The molecule has 39 nitrogen and oxygen atoms in total. The maximum Gasteiger partial charge on any atom is 0.305 e. The summed E-state index contributed by atoms with van der Waals surface area (Å²) in [4.78, 5) is 223. The Morgan fingerprint density at radius 1 is 0.470 bits per heavy atom. The predicted octanol–water partition coefficient (Wildman–Crippen LogP) is -4.76. The molecule has 1 heterocycles. The number of guanidine groups is 2. The molecular formula is C75H123N23O16S. The molecule has 0 aliphatic carbocycles. The largest absolute Gasteiger partial charge is 0.481 e. The van der Waals surface area contributed by atoms with Gasteiger partial charge in [0, 0.05) is 31.7 Å². The minimum Gasteiger partial charge on any atom is -0.481 e. The topological polar surface area (TPSA) is 652 Å². The highest BCUT2D eigenvalue weighted by molar-refractivity contribution is 8.00. The van der Waals surface area contributed by atoms with Crippen LogP contribution in [0.5, 0.6) is 0 Å². The number of primary amides is 1. The number of aliphatic imine (C=N–C) groups is 2. The Hall–Kier alpha value is -10.7. The Bertz CT molecular complexity index is 3620. The third-order valence-corrected chi connectivity index (χ3v) is 19.3. The molecule has 0 spiro atoms. The lowest BCUT2D eigenvalue weighted by Crippen LogP contribution is -2.62. The number of benzene rings is 2. The van der Waals surface area contributed by atoms with Crippen LogP contribution < -0.4 is 115 Å². The van der Waals surface area contributed by atoms with Crippen LogP contribution in [0.2, 0.25) is 0 Å². The zero-order chi connectivity index (χ0) is 86.2. The Morgan fingerprint density at radius 3 is 1.27 bits per heavy atom. The van der Waals surface area contributed by atoms with Crippen molar-refractivity contribution in [3.8, 4) is 0 Å². The molecule has 14 amide bonds. The molecular weight excluding hydrogens is 1510 g/mol. The average Bonchev–Trinajstić information content (AvgIpc) is 0.846. The van der Waals surface area contributed by atoms with Gasteiger partial charge in [-0.2, -0.15) is 0 Å². The Kier molecular flexibility index (Phi) is 43.8. The van der Waals surface area contributed by atoms with E-state index in [9.17, 15) is 77.0 Å². The van der Waals surface area contributed by atoms with Gasteiger partial charge in [-0.25, -0.2) is 0 Å². The van der Waals surface area contributed by atoms with Gasteiger partial charge in [0.2, 0.25) is 82.7 Å². The first-order valence-corrected chi connectivity index (χ1v) is 39.8. The van der Waals surface area contributed by atoms with E-state index < -0.39 is 204 Å². The summed E-state index contributed by atoms with van der Waals surface area (Å²) in [5.74, 6) is -19.0. The molecule has 0 bridgehead atoms. The lowest BCUT2D eigenvalue weighted by Gasteiger charge is -2.31. The summed E-state index contributed by atoms with van der Waals surface area (Å²) >= 11 is 0.819. The van der Waals surface area contributed by atoms with Crippen LogP contribution in [0.15, 0.2) is 70.6 Å². The van der Waals surface area contributed by atoms with E-state index in [1.165, 1.54) is 0 Å². The highest BCUT2D eigenvalue weighted by atomic mass is 32.2. The van der Waals surface area contributed by atoms with E-state index in [-0.39, 0.29) is 120 Å². The zero-order valence-electron chi connectivity index (χ0n) is 67.3. The summed E-state index contributed by atoms with van der Waals surface area (Å²) in [5, 5.41) is 47.3. The molecule has 640 valence electrons. The van der Waals surface area contributed by atoms with Gasteiger partial charge in [0.05, 0.1) is 18.7 Å². The Balaban J connectivity index is 2.39. The van der Waals surface area contributed by atoms with Crippen LogP contribution in [0.3, 0.4) is 0 Å². The molecule has 2 aromatic rings. The van der Waals surface area contributed by atoms with Crippen LogP contribution in [0.25, 0.3) is 0 Å². The maximum atomic E-state index is 15.0. The third kappa shape index (κ3) is 37.8. The summed E-state index contributed by atoms with van der Waals surface area (Å²) in [5.41, 5.74) is 40.4. The van der Waals surface area contributed by atoms with Crippen LogP contribution in [0, 0.1) is 29.6 Å². The van der Waals surface area contributed by atoms with Gasteiger partial charge in [0.15, 0.2) is 11.9 Å². The Morgan fingerprint density at radius 2 is 0.835 bits per heavy atom. The van der Waals surface area contributed by atoms with Gasteiger partial charge >= 0.3 is 5.97 Å². The highest BCUT2D eigenvalue weighted by Crippen LogP contribution is 2.18. The third-order valence-electron chi connectivity index (χ3n) is 18.3. The second-order valence-electron chi connectivity index (χ2n) is 29.9. The standard InChI is InChI=1S/C75H123N23O16S/c1-11-43(10)60-72(114)90-47(26-19-29-84-74(79)80)62(104)93-53(35-57(101)102)68(110)89-48(27-20-30-85-75(81)82)64(106)96-58(41(6)7)70(112)94-52(34-45-23-16-13-17-24-45)67(109)88-46(25-18-28-83-73(77)78)63(105)95-54(61(103)86-36-55(76)99)37-115-38-56(100)87-51(33-44-21-14-12-15-22-44)66(108)91-49(31-39(2)3)65(107)92-50(32-40(4)5)69(111)97-59(42(8)9)71(113)98-60/h12-17,21-24,39-43,46-54,58-60,73,83H,11,18-20,25-38,77-78H2,1-10H3,(H2,76,99)(H,86,103)(H,87,100)(H,88,109)(H,89,110)(H,90,114)(H,91,108)(H,92,107)(H,93,104)(H,94,112)(H,95,105)(H,96,106)(H,97,111)(H,98,113)(H,101,102)(H4,79,80,84)(H4,81,82,85)/t43-,46-,47-,48-,49-,50-,51-,52-,53-,54-,58-,59-,60-/m0/s1. The molecule has 0 radical (unpaired) electrons. The molecule has 0 aromatic heterocycles. The molecule has 0 saturated carbocycles. The molecule has 40 heteroatoms. The number of aliphatic carboxylic acids is 1. The van der Waals surface area contributed by atoms with Gasteiger partial charge < -0.3 is 114 Å². The first-order valence-electron chi connectivity index (χ1n) is 38.6. The molecule has 115 heavy (non-hydrogen) atoms. The second-order valence-corrected chi connectivity index (χ2v) is 30.9. The number of hydrogen-bond donors (Lipinski definition) is 22. The molecule has 1 fully saturated rings. The number of nitrogens with two attached hydrogens (primary N) is 7. The Labute approximate surface area is 675 Å². The number of carboxylic acids is 1. The van der Waals surface area contributed by atoms with Crippen LogP contribution >= 0.6 is 11.8 Å². The fourth-order valence-corrected chi connectivity index (χ4v) is 12.8. The molecule has 2 aromatic carbocycles. The zero-order valence-corrected chi connectivity index (χ0v) is 68.1. The van der Waals surface area contributed by atoms with E-state index in [0.717, 1.165) is 11.8 Å². The average molecular weight is 1640 g/mol.